The number of unbranched alkanes of at least 4 members (excludes halogenated alkanes) is 26. The number of rotatable bonds is 51. The summed E-state index contributed by atoms with van der Waals surface area (Å²) in [5.74, 6) is -0.192. The molecule has 0 radical (unpaired) electrons. The predicted octanol–water partition coefficient (Wildman–Crippen LogP) is 17.3. The van der Waals surface area contributed by atoms with Crippen LogP contribution in [0.1, 0.15) is 239 Å². The summed E-state index contributed by atoms with van der Waals surface area (Å²) in [7, 11) is 1.54. The topological polar surface area (TPSA) is 105 Å². The van der Waals surface area contributed by atoms with E-state index in [4.69, 9.17) is 9.05 Å². The number of hydrogen-bond acceptors (Lipinski definition) is 5. The van der Waals surface area contributed by atoms with Crippen LogP contribution < -0.4 is 5.32 Å². The average Bonchev–Trinajstić information content (AvgIpc) is 3.31. The summed E-state index contributed by atoms with van der Waals surface area (Å²) in [5, 5.41) is 13.8. The minimum Gasteiger partial charge on any atom is -0.387 e. The van der Waals surface area contributed by atoms with E-state index in [-0.39, 0.29) is 19.1 Å². The molecular weight excluding hydrogens is 876 g/mol. The lowest BCUT2D eigenvalue weighted by molar-refractivity contribution is -0.870. The number of aliphatic hydroxyl groups is 1. The molecule has 1 amide bonds. The molecule has 0 saturated heterocycles. The van der Waals surface area contributed by atoms with Crippen molar-refractivity contribution >= 4 is 13.7 Å². The van der Waals surface area contributed by atoms with Gasteiger partial charge in [-0.15, -0.1) is 0 Å². The molecule has 0 aliphatic carbocycles. The number of carbonyl (C=O) groups excluding carboxylic acids is 1. The van der Waals surface area contributed by atoms with Gasteiger partial charge in [0.25, 0.3) is 0 Å². The van der Waals surface area contributed by atoms with E-state index in [0.29, 0.717) is 17.4 Å². The normalized spacial score (nSPS) is 14.6. The van der Waals surface area contributed by atoms with Gasteiger partial charge in [0.1, 0.15) is 13.2 Å². The maximum Gasteiger partial charge on any atom is 0.472 e. The van der Waals surface area contributed by atoms with Crippen molar-refractivity contribution in [2.75, 3.05) is 40.9 Å². The zero-order valence-corrected chi connectivity index (χ0v) is 46.4. The van der Waals surface area contributed by atoms with Crippen molar-refractivity contribution in [3.8, 4) is 0 Å². The van der Waals surface area contributed by atoms with Crippen LogP contribution in [0.2, 0.25) is 0 Å². The third-order valence-corrected chi connectivity index (χ3v) is 13.3. The first-order valence-electron chi connectivity index (χ1n) is 28.5. The van der Waals surface area contributed by atoms with E-state index >= 15 is 0 Å². The summed E-state index contributed by atoms with van der Waals surface area (Å²) in [6.45, 7) is 4.62. The SMILES string of the molecule is CC/C=C\C/C=C\C/C=C\C/C=C\CCCCCCCCCCCCCCCCCCCCCCCCC(=O)NC(COP(=O)(O)OCC[N+](C)(C)C)C(O)/C=C/CC/C=C/CC/C=C/CCCC. The number of nitrogens with zero attached hydrogens (tertiary/aromatic N) is 1. The summed E-state index contributed by atoms with van der Waals surface area (Å²) in [5.41, 5.74) is 0. The van der Waals surface area contributed by atoms with Crippen LogP contribution in [0.3, 0.4) is 0 Å². The lowest BCUT2D eigenvalue weighted by Crippen LogP contribution is -2.45. The van der Waals surface area contributed by atoms with Crippen LogP contribution in [-0.2, 0) is 18.4 Å². The quantitative estimate of drug-likeness (QED) is 0.0243. The van der Waals surface area contributed by atoms with Gasteiger partial charge in [-0.25, -0.2) is 4.57 Å². The number of amides is 1. The third kappa shape index (κ3) is 53.3. The van der Waals surface area contributed by atoms with Crippen molar-refractivity contribution in [1.82, 2.24) is 5.32 Å². The number of aliphatic hydroxyl groups excluding tert-OH is 1. The lowest BCUT2D eigenvalue weighted by atomic mass is 10.0. The van der Waals surface area contributed by atoms with Gasteiger partial charge in [0.15, 0.2) is 0 Å². The Morgan fingerprint density at radius 2 is 0.884 bits per heavy atom. The standard InChI is InChI=1S/C60H109N2O6P/c1-6-8-10-12-14-16-18-20-21-22-23-24-25-26-27-28-29-30-31-32-33-34-35-36-37-38-39-40-41-42-44-46-48-50-52-54-60(64)61-58(57-68-69(65,66)67-56-55-62(3,4)5)59(63)53-51-49-47-45-43-19-17-15-13-11-9-7-2/h8,10,13-16,20-21,23-24,43,45,51,53,58-59,63H,6-7,9,11-12,17-19,22,25-42,44,46-50,52,54-57H2,1-5H3,(H-,61,64,65,66)/p+1/b10-8-,15-13+,16-14-,21-20-,24-23-,45-43+,53-51+. The fraction of sp³-hybridized carbons (Fsp3) is 0.750. The molecular formula is C60H110N2O6P+. The summed E-state index contributed by atoms with van der Waals surface area (Å²) < 4.78 is 23.6. The van der Waals surface area contributed by atoms with Crippen molar-refractivity contribution in [2.24, 2.45) is 0 Å². The third-order valence-electron chi connectivity index (χ3n) is 12.3. The minimum atomic E-state index is -4.35. The van der Waals surface area contributed by atoms with Crippen LogP contribution >= 0.6 is 7.82 Å². The van der Waals surface area contributed by atoms with Gasteiger partial charge in [0.2, 0.25) is 5.91 Å². The zero-order chi connectivity index (χ0) is 50.6. The molecule has 3 atom stereocenters. The molecule has 0 bridgehead atoms. The molecule has 9 heteroatoms. The fourth-order valence-corrected chi connectivity index (χ4v) is 8.61. The zero-order valence-electron chi connectivity index (χ0n) is 45.5. The van der Waals surface area contributed by atoms with Crippen LogP contribution in [0.5, 0.6) is 0 Å². The number of nitrogens with one attached hydrogen (secondary N) is 1. The van der Waals surface area contributed by atoms with Crippen molar-refractivity contribution in [3.63, 3.8) is 0 Å². The molecule has 0 aromatic carbocycles. The molecule has 0 saturated carbocycles. The van der Waals surface area contributed by atoms with Gasteiger partial charge < -0.3 is 19.8 Å². The first-order valence-corrected chi connectivity index (χ1v) is 30.0. The molecule has 3 unspecified atom stereocenters. The van der Waals surface area contributed by atoms with Gasteiger partial charge in [-0.1, -0.05) is 240 Å². The minimum absolute atomic E-state index is 0.0519. The summed E-state index contributed by atoms with van der Waals surface area (Å²) in [6, 6.07) is -0.870. The highest BCUT2D eigenvalue weighted by Crippen LogP contribution is 2.43. The van der Waals surface area contributed by atoms with E-state index in [9.17, 15) is 19.4 Å². The van der Waals surface area contributed by atoms with Crippen LogP contribution in [-0.4, -0.2) is 73.4 Å². The maximum absolute atomic E-state index is 12.9. The molecule has 0 rings (SSSR count). The van der Waals surface area contributed by atoms with Gasteiger partial charge in [-0.3, -0.25) is 13.8 Å². The Balaban J connectivity index is 3.98. The molecule has 400 valence electrons. The molecule has 69 heavy (non-hydrogen) atoms. The Morgan fingerprint density at radius 1 is 0.507 bits per heavy atom. The van der Waals surface area contributed by atoms with Crippen LogP contribution in [0.4, 0.5) is 0 Å². The van der Waals surface area contributed by atoms with Crippen LogP contribution in [0.15, 0.2) is 85.1 Å². The van der Waals surface area contributed by atoms with Crippen LogP contribution in [0.25, 0.3) is 0 Å². The average molecular weight is 987 g/mol. The molecule has 0 heterocycles. The van der Waals surface area contributed by atoms with E-state index in [0.717, 1.165) is 77.0 Å². The largest absolute Gasteiger partial charge is 0.472 e. The first-order chi connectivity index (χ1) is 33.5. The number of allylic oxidation sites excluding steroid dienone is 13. The second kappa shape index (κ2) is 50.6. The van der Waals surface area contributed by atoms with Crippen molar-refractivity contribution in [3.05, 3.63) is 85.1 Å². The molecule has 0 aliphatic heterocycles. The monoisotopic (exact) mass is 986 g/mol. The van der Waals surface area contributed by atoms with Gasteiger partial charge in [-0.2, -0.15) is 0 Å². The van der Waals surface area contributed by atoms with E-state index in [2.05, 4.69) is 92.1 Å². The molecule has 0 aromatic rings. The van der Waals surface area contributed by atoms with Crippen molar-refractivity contribution < 1.29 is 32.9 Å². The van der Waals surface area contributed by atoms with E-state index in [1.165, 1.54) is 141 Å². The van der Waals surface area contributed by atoms with Crippen molar-refractivity contribution in [1.29, 1.82) is 0 Å². The number of quaternary nitrogens is 1. The first kappa shape index (κ1) is 66.7. The summed E-state index contributed by atoms with van der Waals surface area (Å²) in [4.78, 5) is 23.2. The second-order valence-electron chi connectivity index (χ2n) is 20.3. The van der Waals surface area contributed by atoms with E-state index < -0.39 is 20.0 Å². The summed E-state index contributed by atoms with van der Waals surface area (Å²) in [6.07, 6.45) is 71.4. The fourth-order valence-electron chi connectivity index (χ4n) is 7.88. The molecule has 0 spiro atoms. The number of carbonyl (C=O) groups is 1. The number of phosphoric ester groups is 1. The Kier molecular flexibility index (Phi) is 48.9. The number of phosphoric acid groups is 1. The Labute approximate surface area is 426 Å². The van der Waals surface area contributed by atoms with Gasteiger partial charge >= 0.3 is 7.82 Å². The predicted molar refractivity (Wildman–Crippen MR) is 299 cm³/mol. The highest BCUT2D eigenvalue weighted by Gasteiger charge is 2.27. The molecule has 0 aliphatic rings. The Hall–Kier alpha value is -2.32. The lowest BCUT2D eigenvalue weighted by Gasteiger charge is -2.25. The Bertz CT molecular complexity index is 1400. The second-order valence-corrected chi connectivity index (χ2v) is 21.7. The van der Waals surface area contributed by atoms with Crippen molar-refractivity contribution in [2.45, 2.75) is 251 Å². The highest BCUT2D eigenvalue weighted by molar-refractivity contribution is 7.47. The molecule has 8 nitrogen and oxygen atoms in total. The van der Waals surface area contributed by atoms with E-state index in [1.54, 1.807) is 6.08 Å². The molecule has 0 aromatic heterocycles. The van der Waals surface area contributed by atoms with Gasteiger partial charge in [0.05, 0.1) is 39.9 Å². The molecule has 0 fully saturated rings. The number of likely N-dealkylation sites (N-methyl/N-ethyl adjacent to an activating group) is 1. The summed E-state index contributed by atoms with van der Waals surface area (Å²) >= 11 is 0. The maximum atomic E-state index is 12.9. The highest BCUT2D eigenvalue weighted by atomic mass is 31.2. The number of hydrogen-bond donors (Lipinski definition) is 3. The van der Waals surface area contributed by atoms with Gasteiger partial charge in [0, 0.05) is 6.42 Å². The van der Waals surface area contributed by atoms with Crippen LogP contribution in [0, 0.1) is 0 Å². The van der Waals surface area contributed by atoms with E-state index in [1.807, 2.05) is 27.2 Å². The van der Waals surface area contributed by atoms with Gasteiger partial charge in [-0.05, 0) is 77.0 Å². The smallest absolute Gasteiger partial charge is 0.387 e. The molecule has 3 N–H and O–H groups in total. The Morgan fingerprint density at radius 3 is 1.33 bits per heavy atom.